The molecule has 0 spiro atoms. The Labute approximate surface area is 145 Å². The molecular formula is C16H13Br2ClO2. The van der Waals surface area contributed by atoms with E-state index in [1.165, 1.54) is 0 Å². The predicted octanol–water partition coefficient (Wildman–Crippen LogP) is 5.67. The van der Waals surface area contributed by atoms with Crippen molar-refractivity contribution in [1.82, 2.24) is 0 Å². The summed E-state index contributed by atoms with van der Waals surface area (Å²) in [7, 11) is 0. The van der Waals surface area contributed by atoms with Gasteiger partial charge in [-0.3, -0.25) is 0 Å². The molecule has 2 aromatic rings. The average molecular weight is 433 g/mol. The normalized spacial score (nSPS) is 14.9. The van der Waals surface area contributed by atoms with Gasteiger partial charge >= 0.3 is 0 Å². The number of hydrogen-bond acceptors (Lipinski definition) is 2. The van der Waals surface area contributed by atoms with Crippen LogP contribution in [0.3, 0.4) is 0 Å². The fraction of sp³-hybridized carbons (Fsp3) is 0.250. The van der Waals surface area contributed by atoms with E-state index in [-0.39, 0.29) is 4.83 Å². The Hall–Kier alpha value is -0.710. The fourth-order valence-corrected chi connectivity index (χ4v) is 3.92. The lowest BCUT2D eigenvalue weighted by Crippen LogP contribution is -2.15. The minimum atomic E-state index is 0.0543. The Morgan fingerprint density at radius 1 is 1.10 bits per heavy atom. The smallest absolute Gasteiger partial charge is 0.162 e. The maximum Gasteiger partial charge on any atom is 0.162 e. The van der Waals surface area contributed by atoms with Crippen LogP contribution in [0.1, 0.15) is 21.5 Å². The van der Waals surface area contributed by atoms with Crippen molar-refractivity contribution >= 4 is 43.5 Å². The molecule has 0 aliphatic carbocycles. The Balaban J connectivity index is 2.00. The summed E-state index contributed by atoms with van der Waals surface area (Å²) < 4.78 is 12.2. The Morgan fingerprint density at radius 2 is 1.76 bits per heavy atom. The molecule has 1 atom stereocenters. The van der Waals surface area contributed by atoms with Crippen LogP contribution in [0, 0.1) is 6.92 Å². The maximum absolute atomic E-state index is 6.10. The third-order valence-corrected chi connectivity index (χ3v) is 5.54. The summed E-state index contributed by atoms with van der Waals surface area (Å²) in [6.45, 7) is 3.18. The standard InChI is InChI=1S/C16H13Br2ClO2/c1-9-6-10(2-3-13(9)19)16(18)11-7-14-15(8-12(11)17)21-5-4-20-14/h2-3,6-8,16H,4-5H2,1H3. The van der Waals surface area contributed by atoms with Crippen LogP contribution in [0.5, 0.6) is 11.5 Å². The molecule has 5 heteroatoms. The van der Waals surface area contributed by atoms with Crippen LogP contribution in [-0.2, 0) is 0 Å². The van der Waals surface area contributed by atoms with Crippen LogP contribution >= 0.6 is 43.5 Å². The zero-order valence-electron chi connectivity index (χ0n) is 11.3. The van der Waals surface area contributed by atoms with Crippen molar-refractivity contribution in [2.75, 3.05) is 13.2 Å². The summed E-state index contributed by atoms with van der Waals surface area (Å²) in [6.07, 6.45) is 0. The van der Waals surface area contributed by atoms with Crippen molar-refractivity contribution in [3.63, 3.8) is 0 Å². The summed E-state index contributed by atoms with van der Waals surface area (Å²) >= 11 is 13.5. The van der Waals surface area contributed by atoms with Gasteiger partial charge in [-0.15, -0.1) is 0 Å². The third-order valence-electron chi connectivity index (χ3n) is 3.41. The Kier molecular flexibility index (Phi) is 4.48. The topological polar surface area (TPSA) is 18.5 Å². The zero-order chi connectivity index (χ0) is 15.0. The minimum Gasteiger partial charge on any atom is -0.486 e. The molecule has 0 amide bonds. The van der Waals surface area contributed by atoms with E-state index < -0.39 is 0 Å². The van der Waals surface area contributed by atoms with Gasteiger partial charge in [0, 0.05) is 9.50 Å². The molecule has 0 aromatic heterocycles. The van der Waals surface area contributed by atoms with Crippen LogP contribution in [0.15, 0.2) is 34.8 Å². The van der Waals surface area contributed by atoms with E-state index in [1.807, 2.05) is 31.2 Å². The quantitative estimate of drug-likeness (QED) is 0.570. The number of hydrogen-bond donors (Lipinski definition) is 0. The number of fused-ring (bicyclic) bond motifs is 1. The van der Waals surface area contributed by atoms with Crippen LogP contribution < -0.4 is 9.47 Å². The number of halogens is 3. The SMILES string of the molecule is Cc1cc(C(Br)c2cc3c(cc2Br)OCCO3)ccc1Cl. The summed E-state index contributed by atoms with van der Waals surface area (Å²) in [5.41, 5.74) is 3.31. The first-order chi connectivity index (χ1) is 10.1. The molecule has 21 heavy (non-hydrogen) atoms. The highest BCUT2D eigenvalue weighted by molar-refractivity contribution is 9.11. The van der Waals surface area contributed by atoms with Crippen molar-refractivity contribution in [3.05, 3.63) is 56.5 Å². The molecule has 1 aliphatic rings. The van der Waals surface area contributed by atoms with E-state index in [9.17, 15) is 0 Å². The highest BCUT2D eigenvalue weighted by Gasteiger charge is 2.20. The average Bonchev–Trinajstić information content (AvgIpc) is 2.48. The van der Waals surface area contributed by atoms with Crippen molar-refractivity contribution in [1.29, 1.82) is 0 Å². The lowest BCUT2D eigenvalue weighted by molar-refractivity contribution is 0.171. The molecule has 2 aromatic carbocycles. The third kappa shape index (κ3) is 3.08. The monoisotopic (exact) mass is 430 g/mol. The summed E-state index contributed by atoms with van der Waals surface area (Å²) in [5, 5.41) is 0.777. The number of rotatable bonds is 2. The molecule has 0 fully saturated rings. The van der Waals surface area contributed by atoms with Crippen molar-refractivity contribution in [2.45, 2.75) is 11.8 Å². The lowest BCUT2D eigenvalue weighted by Gasteiger charge is -2.21. The molecule has 0 radical (unpaired) electrons. The van der Waals surface area contributed by atoms with Gasteiger partial charge in [-0.1, -0.05) is 55.6 Å². The molecule has 0 saturated heterocycles. The summed E-state index contributed by atoms with van der Waals surface area (Å²) in [6, 6.07) is 10.0. The Bertz CT molecular complexity index is 688. The van der Waals surface area contributed by atoms with Gasteiger partial charge < -0.3 is 9.47 Å². The molecule has 110 valence electrons. The molecule has 1 heterocycles. The molecule has 0 N–H and O–H groups in total. The van der Waals surface area contributed by atoms with E-state index in [4.69, 9.17) is 21.1 Å². The minimum absolute atomic E-state index is 0.0543. The van der Waals surface area contributed by atoms with E-state index >= 15 is 0 Å². The van der Waals surface area contributed by atoms with Gasteiger partial charge in [-0.2, -0.15) is 0 Å². The van der Waals surface area contributed by atoms with Gasteiger partial charge in [-0.05, 0) is 41.8 Å². The maximum atomic E-state index is 6.10. The van der Waals surface area contributed by atoms with Gasteiger partial charge in [0.1, 0.15) is 13.2 Å². The summed E-state index contributed by atoms with van der Waals surface area (Å²) in [5.74, 6) is 1.57. The second kappa shape index (κ2) is 6.19. The molecule has 0 bridgehead atoms. The van der Waals surface area contributed by atoms with Crippen LogP contribution in [0.2, 0.25) is 5.02 Å². The molecule has 1 unspecified atom stereocenters. The van der Waals surface area contributed by atoms with E-state index in [1.54, 1.807) is 0 Å². The first-order valence-electron chi connectivity index (χ1n) is 6.55. The van der Waals surface area contributed by atoms with Gasteiger partial charge in [0.05, 0.1) is 4.83 Å². The number of ether oxygens (including phenoxy) is 2. The van der Waals surface area contributed by atoms with E-state index in [2.05, 4.69) is 37.9 Å². The largest absolute Gasteiger partial charge is 0.486 e. The molecule has 0 saturated carbocycles. The van der Waals surface area contributed by atoms with Gasteiger partial charge in [0.25, 0.3) is 0 Å². The highest BCUT2D eigenvalue weighted by atomic mass is 79.9. The van der Waals surface area contributed by atoms with Crippen molar-refractivity contribution in [3.8, 4) is 11.5 Å². The number of aryl methyl sites for hydroxylation is 1. The van der Waals surface area contributed by atoms with E-state index in [0.29, 0.717) is 13.2 Å². The van der Waals surface area contributed by atoms with Crippen molar-refractivity contribution < 1.29 is 9.47 Å². The summed E-state index contributed by atoms with van der Waals surface area (Å²) in [4.78, 5) is 0.0543. The van der Waals surface area contributed by atoms with Crippen LogP contribution in [-0.4, -0.2) is 13.2 Å². The zero-order valence-corrected chi connectivity index (χ0v) is 15.3. The van der Waals surface area contributed by atoms with Crippen LogP contribution in [0.25, 0.3) is 0 Å². The molecular weight excluding hydrogens is 419 g/mol. The molecule has 2 nitrogen and oxygen atoms in total. The van der Waals surface area contributed by atoms with E-state index in [0.717, 1.165) is 37.7 Å². The van der Waals surface area contributed by atoms with Crippen LogP contribution in [0.4, 0.5) is 0 Å². The highest BCUT2D eigenvalue weighted by Crippen LogP contribution is 2.42. The number of benzene rings is 2. The fourth-order valence-electron chi connectivity index (χ4n) is 2.28. The first kappa shape index (κ1) is 15.2. The second-order valence-corrected chi connectivity index (χ2v) is 7.07. The van der Waals surface area contributed by atoms with Gasteiger partial charge in [-0.25, -0.2) is 0 Å². The second-order valence-electron chi connectivity index (χ2n) is 4.89. The van der Waals surface area contributed by atoms with Gasteiger partial charge in [0.15, 0.2) is 11.5 Å². The first-order valence-corrected chi connectivity index (χ1v) is 8.64. The molecule has 3 rings (SSSR count). The van der Waals surface area contributed by atoms with Crippen molar-refractivity contribution in [2.24, 2.45) is 0 Å². The van der Waals surface area contributed by atoms with Gasteiger partial charge in [0.2, 0.25) is 0 Å². The number of alkyl halides is 1. The molecule has 1 aliphatic heterocycles. The predicted molar refractivity (Wildman–Crippen MR) is 92.1 cm³/mol. The Morgan fingerprint density at radius 3 is 2.43 bits per heavy atom. The lowest BCUT2D eigenvalue weighted by atomic mass is 10.0.